The van der Waals surface area contributed by atoms with Crippen molar-refractivity contribution < 1.29 is 14.3 Å². The molecule has 8 heteroatoms. The number of nitrogens with zero attached hydrogens (tertiary/aromatic N) is 3. The Labute approximate surface area is 186 Å². The van der Waals surface area contributed by atoms with Crippen molar-refractivity contribution in [2.24, 2.45) is 5.92 Å². The molecule has 2 aliphatic heterocycles. The maximum atomic E-state index is 12.1. The zero-order valence-corrected chi connectivity index (χ0v) is 18.1. The number of aromatic nitrogens is 3. The van der Waals surface area contributed by atoms with Gasteiger partial charge in [0.25, 0.3) is 0 Å². The van der Waals surface area contributed by atoms with Crippen LogP contribution in [0, 0.1) is 12.8 Å². The molecule has 3 aromatic rings. The zero-order valence-electron chi connectivity index (χ0n) is 18.1. The molecule has 3 aromatic heterocycles. The predicted octanol–water partition coefficient (Wildman–Crippen LogP) is 2.95. The van der Waals surface area contributed by atoms with Crippen LogP contribution < -0.4 is 15.4 Å². The molecule has 0 aromatic carbocycles. The van der Waals surface area contributed by atoms with Crippen LogP contribution in [0.15, 0.2) is 36.7 Å². The number of hydrogen-bond donors (Lipinski definition) is 2. The summed E-state index contributed by atoms with van der Waals surface area (Å²) < 4.78 is 13.9. The number of fused-ring (bicyclic) bond motifs is 3. The van der Waals surface area contributed by atoms with Crippen molar-refractivity contribution in [1.29, 1.82) is 0 Å². The third kappa shape index (κ3) is 3.96. The minimum absolute atomic E-state index is 0.0613. The van der Waals surface area contributed by atoms with E-state index in [0.29, 0.717) is 17.9 Å². The molecule has 3 atom stereocenters. The minimum atomic E-state index is 0.0613. The molecule has 2 saturated heterocycles. The Kier molecular flexibility index (Phi) is 4.84. The first-order chi connectivity index (χ1) is 15.6. The lowest BCUT2D eigenvalue weighted by molar-refractivity contribution is -0.117. The van der Waals surface area contributed by atoms with Crippen LogP contribution in [0.5, 0.6) is 5.75 Å². The fraction of sp³-hybridized carbons (Fsp3) is 0.458. The number of piperidine rings is 1. The van der Waals surface area contributed by atoms with E-state index >= 15 is 0 Å². The van der Waals surface area contributed by atoms with Crippen LogP contribution in [0.2, 0.25) is 0 Å². The molecule has 6 rings (SSSR count). The van der Waals surface area contributed by atoms with Gasteiger partial charge >= 0.3 is 0 Å². The lowest BCUT2D eigenvalue weighted by Crippen LogP contribution is -2.56. The van der Waals surface area contributed by atoms with Gasteiger partial charge in [0.2, 0.25) is 5.91 Å². The van der Waals surface area contributed by atoms with E-state index in [1.807, 2.05) is 31.5 Å². The maximum Gasteiger partial charge on any atom is 0.228 e. The van der Waals surface area contributed by atoms with Gasteiger partial charge < -0.3 is 20.1 Å². The molecule has 2 bridgehead atoms. The van der Waals surface area contributed by atoms with Crippen LogP contribution in [-0.2, 0) is 9.53 Å². The second-order valence-electron chi connectivity index (χ2n) is 9.21. The summed E-state index contributed by atoms with van der Waals surface area (Å²) in [7, 11) is 0. The van der Waals surface area contributed by atoms with E-state index in [2.05, 4.69) is 32.8 Å². The van der Waals surface area contributed by atoms with E-state index in [-0.39, 0.29) is 17.9 Å². The van der Waals surface area contributed by atoms with Crippen molar-refractivity contribution in [3.05, 3.63) is 42.4 Å². The number of pyridine rings is 2. The number of aryl methyl sites for hydroxylation is 1. The molecule has 3 aliphatic rings. The molecule has 8 nitrogen and oxygen atoms in total. The van der Waals surface area contributed by atoms with Gasteiger partial charge in [-0.1, -0.05) is 0 Å². The van der Waals surface area contributed by atoms with Crippen molar-refractivity contribution in [1.82, 2.24) is 19.9 Å². The first-order valence-electron chi connectivity index (χ1n) is 11.4. The largest absolute Gasteiger partial charge is 0.488 e. The van der Waals surface area contributed by atoms with Crippen LogP contribution in [0.4, 0.5) is 5.82 Å². The van der Waals surface area contributed by atoms with E-state index < -0.39 is 0 Å². The summed E-state index contributed by atoms with van der Waals surface area (Å²) in [5, 5.41) is 11.0. The van der Waals surface area contributed by atoms with Gasteiger partial charge in [0.05, 0.1) is 24.9 Å². The number of anilines is 1. The van der Waals surface area contributed by atoms with Crippen molar-refractivity contribution in [2.75, 3.05) is 18.5 Å². The highest BCUT2D eigenvalue weighted by atomic mass is 16.5. The zero-order chi connectivity index (χ0) is 21.7. The fourth-order valence-electron chi connectivity index (χ4n) is 4.72. The molecule has 32 heavy (non-hydrogen) atoms. The molecule has 1 aliphatic carbocycles. The molecule has 2 N–H and O–H groups in total. The SMILES string of the molecule is Cc1cc(-c2ccn3nc(NC(=O)C4CC4)cc3c2)c(OC2C[C@H]3COC[C@@H](C2)N3)cn1. The standard InChI is InChI=1S/C24H27N5O3/c1-14-6-21(22(11-25-14)32-20-8-17-12-31-13-18(9-20)26-17)16-4-5-29-19(7-16)10-23(28-29)27-24(30)15-2-3-15/h4-7,10-11,15,17-18,20,26H,2-3,8-9,12-13H2,1H3,(H,27,28,30)/t17-,18+,20?. The Morgan fingerprint density at radius 3 is 2.81 bits per heavy atom. The molecular weight excluding hydrogens is 406 g/mol. The lowest BCUT2D eigenvalue weighted by Gasteiger charge is -2.40. The number of hydrogen-bond acceptors (Lipinski definition) is 6. The average Bonchev–Trinajstić information content (AvgIpc) is 3.55. The summed E-state index contributed by atoms with van der Waals surface area (Å²) >= 11 is 0. The number of nitrogens with one attached hydrogen (secondary N) is 2. The third-order valence-corrected chi connectivity index (χ3v) is 6.48. The monoisotopic (exact) mass is 433 g/mol. The highest BCUT2D eigenvalue weighted by Crippen LogP contribution is 2.34. The first-order valence-corrected chi connectivity index (χ1v) is 11.4. The highest BCUT2D eigenvalue weighted by molar-refractivity contribution is 5.93. The van der Waals surface area contributed by atoms with Crippen LogP contribution in [0.3, 0.4) is 0 Å². The van der Waals surface area contributed by atoms with Crippen molar-refractivity contribution >= 4 is 17.2 Å². The van der Waals surface area contributed by atoms with Gasteiger partial charge in [0, 0.05) is 54.4 Å². The molecular formula is C24H27N5O3. The van der Waals surface area contributed by atoms with E-state index in [1.54, 1.807) is 4.52 Å². The van der Waals surface area contributed by atoms with Crippen LogP contribution in [0.25, 0.3) is 16.6 Å². The van der Waals surface area contributed by atoms with Gasteiger partial charge in [-0.05, 0) is 43.5 Å². The number of carbonyl (C=O) groups excluding carboxylic acids is 1. The van der Waals surface area contributed by atoms with Gasteiger partial charge in [0.15, 0.2) is 5.82 Å². The Balaban J connectivity index is 1.27. The Bertz CT molecular complexity index is 1160. The molecule has 1 unspecified atom stereocenters. The molecule has 0 radical (unpaired) electrons. The minimum Gasteiger partial charge on any atom is -0.488 e. The molecule has 1 saturated carbocycles. The van der Waals surface area contributed by atoms with Gasteiger partial charge in [-0.25, -0.2) is 4.52 Å². The van der Waals surface area contributed by atoms with Crippen molar-refractivity contribution in [3.63, 3.8) is 0 Å². The predicted molar refractivity (Wildman–Crippen MR) is 120 cm³/mol. The Morgan fingerprint density at radius 2 is 2.03 bits per heavy atom. The normalized spacial score (nSPS) is 25.0. The molecule has 1 amide bonds. The van der Waals surface area contributed by atoms with Crippen LogP contribution in [-0.4, -0.2) is 51.9 Å². The lowest BCUT2D eigenvalue weighted by atomic mass is 9.94. The van der Waals surface area contributed by atoms with E-state index in [0.717, 1.165) is 67.0 Å². The summed E-state index contributed by atoms with van der Waals surface area (Å²) in [6.07, 6.45) is 7.69. The van der Waals surface area contributed by atoms with Gasteiger partial charge in [-0.15, -0.1) is 0 Å². The third-order valence-electron chi connectivity index (χ3n) is 6.48. The van der Waals surface area contributed by atoms with Crippen molar-refractivity contribution in [3.8, 4) is 16.9 Å². The van der Waals surface area contributed by atoms with Gasteiger partial charge in [-0.3, -0.25) is 9.78 Å². The fourth-order valence-corrected chi connectivity index (χ4v) is 4.72. The van der Waals surface area contributed by atoms with Crippen LogP contribution in [0.1, 0.15) is 31.4 Å². The molecule has 5 heterocycles. The second-order valence-corrected chi connectivity index (χ2v) is 9.21. The molecule has 0 spiro atoms. The Morgan fingerprint density at radius 1 is 1.22 bits per heavy atom. The smallest absolute Gasteiger partial charge is 0.228 e. The van der Waals surface area contributed by atoms with E-state index in [9.17, 15) is 4.79 Å². The van der Waals surface area contributed by atoms with Crippen molar-refractivity contribution in [2.45, 2.75) is 50.8 Å². The summed E-state index contributed by atoms with van der Waals surface area (Å²) in [6, 6.07) is 8.78. The quantitative estimate of drug-likeness (QED) is 0.643. The number of amides is 1. The number of morpholine rings is 1. The number of carbonyl (C=O) groups is 1. The number of ether oxygens (including phenoxy) is 2. The molecule has 166 valence electrons. The van der Waals surface area contributed by atoms with E-state index in [1.165, 1.54) is 0 Å². The summed E-state index contributed by atoms with van der Waals surface area (Å²) in [5.41, 5.74) is 3.91. The summed E-state index contributed by atoms with van der Waals surface area (Å²) in [5.74, 6) is 1.60. The number of rotatable bonds is 5. The highest BCUT2D eigenvalue weighted by Gasteiger charge is 2.33. The summed E-state index contributed by atoms with van der Waals surface area (Å²) in [6.45, 7) is 3.47. The van der Waals surface area contributed by atoms with Crippen LogP contribution >= 0.6 is 0 Å². The van der Waals surface area contributed by atoms with Gasteiger partial charge in [0.1, 0.15) is 11.9 Å². The maximum absolute atomic E-state index is 12.1. The first kappa shape index (κ1) is 19.7. The topological polar surface area (TPSA) is 89.8 Å². The molecule has 3 fully saturated rings. The second kappa shape index (κ2) is 7.86. The average molecular weight is 434 g/mol. The van der Waals surface area contributed by atoms with E-state index in [4.69, 9.17) is 9.47 Å². The summed E-state index contributed by atoms with van der Waals surface area (Å²) in [4.78, 5) is 16.6. The van der Waals surface area contributed by atoms with Gasteiger partial charge in [-0.2, -0.15) is 5.10 Å². The Hall–Kier alpha value is -2.97.